The number of carbonyl (C=O) groups excluding carboxylic acids is 1. The van der Waals surface area contributed by atoms with E-state index in [1.165, 1.54) is 16.0 Å². The molecule has 5 aromatic rings. The Balaban J connectivity index is 1.66. The highest BCUT2D eigenvalue weighted by Crippen LogP contribution is 2.33. The van der Waals surface area contributed by atoms with E-state index in [-0.39, 0.29) is 5.56 Å². The molecular weight excluding hydrogens is 464 g/mol. The van der Waals surface area contributed by atoms with Crippen molar-refractivity contribution in [2.75, 3.05) is 5.32 Å². The fraction of sp³-hybridized carbons (Fsp3) is 0.0769. The van der Waals surface area contributed by atoms with Gasteiger partial charge < -0.3 is 0 Å². The maximum absolute atomic E-state index is 13.6. The van der Waals surface area contributed by atoms with Crippen molar-refractivity contribution in [2.24, 2.45) is 0 Å². The van der Waals surface area contributed by atoms with Gasteiger partial charge in [-0.2, -0.15) is 5.10 Å². The Kier molecular flexibility index (Phi) is 6.16. The second kappa shape index (κ2) is 9.54. The quantitative estimate of drug-likeness (QED) is 0.319. The van der Waals surface area contributed by atoms with E-state index in [4.69, 9.17) is 0 Å². The van der Waals surface area contributed by atoms with Crippen LogP contribution in [0, 0.1) is 0 Å². The summed E-state index contributed by atoms with van der Waals surface area (Å²) in [6.45, 7) is 2.18. The van der Waals surface area contributed by atoms with Crippen molar-refractivity contribution in [1.82, 2.24) is 14.8 Å². The standard InChI is InChI=1S/C26H20N4O2S2/c1-2-30-25(32)22(24(31)28-26-27-19(16-34-26)20-14-9-15-33-20)21(17-10-5-3-6-11-17)23(29-30)18-12-7-4-8-13-18/h3-16H,2H2,1H3,(H,27,28,31). The predicted octanol–water partition coefficient (Wildman–Crippen LogP) is 6.03. The van der Waals surface area contributed by atoms with Gasteiger partial charge in [0.1, 0.15) is 5.56 Å². The lowest BCUT2D eigenvalue weighted by molar-refractivity contribution is 0.102. The number of nitrogens with one attached hydrogen (secondary N) is 1. The number of anilines is 1. The van der Waals surface area contributed by atoms with Gasteiger partial charge in [-0.3, -0.25) is 14.9 Å². The van der Waals surface area contributed by atoms with Crippen LogP contribution in [0.5, 0.6) is 0 Å². The van der Waals surface area contributed by atoms with Gasteiger partial charge in [0.25, 0.3) is 11.5 Å². The van der Waals surface area contributed by atoms with Gasteiger partial charge in [-0.15, -0.1) is 22.7 Å². The zero-order chi connectivity index (χ0) is 23.5. The molecule has 1 amide bonds. The number of thiazole rings is 1. The molecule has 0 atom stereocenters. The Morgan fingerprint density at radius 3 is 2.29 bits per heavy atom. The summed E-state index contributed by atoms with van der Waals surface area (Å²) in [6, 6.07) is 23.0. The summed E-state index contributed by atoms with van der Waals surface area (Å²) in [5, 5.41) is 11.8. The summed E-state index contributed by atoms with van der Waals surface area (Å²) in [5.41, 5.74) is 3.07. The highest BCUT2D eigenvalue weighted by molar-refractivity contribution is 7.16. The first-order valence-corrected chi connectivity index (χ1v) is 12.5. The van der Waals surface area contributed by atoms with E-state index >= 15 is 0 Å². The largest absolute Gasteiger partial charge is 0.298 e. The third kappa shape index (κ3) is 4.21. The highest BCUT2D eigenvalue weighted by atomic mass is 32.1. The zero-order valence-electron chi connectivity index (χ0n) is 18.3. The zero-order valence-corrected chi connectivity index (χ0v) is 19.9. The average molecular weight is 485 g/mol. The fourth-order valence-corrected chi connectivity index (χ4v) is 5.17. The van der Waals surface area contributed by atoms with Crippen LogP contribution < -0.4 is 10.9 Å². The molecule has 1 N–H and O–H groups in total. The third-order valence-corrected chi connectivity index (χ3v) is 6.94. The van der Waals surface area contributed by atoms with E-state index in [2.05, 4.69) is 15.4 Å². The minimum Gasteiger partial charge on any atom is -0.298 e. The highest BCUT2D eigenvalue weighted by Gasteiger charge is 2.25. The second-order valence-corrected chi connectivity index (χ2v) is 9.23. The summed E-state index contributed by atoms with van der Waals surface area (Å²) in [7, 11) is 0. The van der Waals surface area contributed by atoms with Gasteiger partial charge in [0, 0.05) is 23.1 Å². The monoisotopic (exact) mass is 484 g/mol. The SMILES string of the molecule is CCn1nc(-c2ccccc2)c(-c2ccccc2)c(C(=O)Nc2nc(-c3cccs3)cs2)c1=O. The smallest absolute Gasteiger partial charge is 0.280 e. The van der Waals surface area contributed by atoms with Crippen LogP contribution in [0.25, 0.3) is 33.0 Å². The number of hydrogen-bond donors (Lipinski definition) is 1. The summed E-state index contributed by atoms with van der Waals surface area (Å²) in [4.78, 5) is 32.6. The molecule has 0 saturated heterocycles. The number of amides is 1. The van der Waals surface area contributed by atoms with Crippen LogP contribution in [0.15, 0.2) is 88.4 Å². The lowest BCUT2D eigenvalue weighted by atomic mass is 9.95. The Labute approximate surface area is 204 Å². The first-order valence-electron chi connectivity index (χ1n) is 10.7. The van der Waals surface area contributed by atoms with E-state index < -0.39 is 11.5 Å². The average Bonchev–Trinajstić information content (AvgIpc) is 3.57. The van der Waals surface area contributed by atoms with Gasteiger partial charge in [-0.05, 0) is 23.9 Å². The molecule has 5 rings (SSSR count). The summed E-state index contributed by atoms with van der Waals surface area (Å²) >= 11 is 2.91. The Morgan fingerprint density at radius 2 is 1.65 bits per heavy atom. The second-order valence-electron chi connectivity index (χ2n) is 7.42. The van der Waals surface area contributed by atoms with Crippen molar-refractivity contribution in [1.29, 1.82) is 0 Å². The Morgan fingerprint density at radius 1 is 0.941 bits per heavy atom. The van der Waals surface area contributed by atoms with Gasteiger partial charge >= 0.3 is 0 Å². The van der Waals surface area contributed by atoms with Crippen LogP contribution in [0.1, 0.15) is 17.3 Å². The van der Waals surface area contributed by atoms with Gasteiger partial charge in [0.2, 0.25) is 0 Å². The minimum absolute atomic E-state index is 0.0507. The molecule has 34 heavy (non-hydrogen) atoms. The molecule has 3 heterocycles. The summed E-state index contributed by atoms with van der Waals surface area (Å²) < 4.78 is 1.34. The van der Waals surface area contributed by atoms with Crippen molar-refractivity contribution >= 4 is 33.7 Å². The molecular formula is C26H20N4O2S2. The van der Waals surface area contributed by atoms with Crippen LogP contribution in [0.4, 0.5) is 5.13 Å². The van der Waals surface area contributed by atoms with E-state index in [1.54, 1.807) is 11.3 Å². The summed E-state index contributed by atoms with van der Waals surface area (Å²) in [5.74, 6) is -0.502. The Bertz CT molecular complexity index is 1490. The van der Waals surface area contributed by atoms with Crippen molar-refractivity contribution in [3.63, 3.8) is 0 Å². The maximum atomic E-state index is 13.6. The molecule has 0 spiro atoms. The Hall–Kier alpha value is -3.88. The molecule has 0 aliphatic heterocycles. The van der Waals surface area contributed by atoms with Gasteiger partial charge in [0.05, 0.1) is 16.3 Å². The summed E-state index contributed by atoms with van der Waals surface area (Å²) in [6.07, 6.45) is 0. The molecule has 3 aromatic heterocycles. The first-order chi connectivity index (χ1) is 16.7. The lowest BCUT2D eigenvalue weighted by Crippen LogP contribution is -2.32. The van der Waals surface area contributed by atoms with E-state index in [1.807, 2.05) is 90.5 Å². The van der Waals surface area contributed by atoms with E-state index in [9.17, 15) is 9.59 Å². The van der Waals surface area contributed by atoms with Gasteiger partial charge in [-0.25, -0.2) is 9.67 Å². The molecule has 0 aliphatic carbocycles. The van der Waals surface area contributed by atoms with Crippen molar-refractivity contribution < 1.29 is 4.79 Å². The van der Waals surface area contributed by atoms with E-state index in [0.29, 0.717) is 22.9 Å². The number of aromatic nitrogens is 3. The maximum Gasteiger partial charge on any atom is 0.280 e. The fourth-order valence-electron chi connectivity index (χ4n) is 3.71. The van der Waals surface area contributed by atoms with Crippen LogP contribution in [0.2, 0.25) is 0 Å². The molecule has 0 fully saturated rings. The van der Waals surface area contributed by atoms with Crippen molar-refractivity contribution in [2.45, 2.75) is 13.5 Å². The number of benzene rings is 2. The number of carbonyl (C=O) groups is 1. The van der Waals surface area contributed by atoms with Gasteiger partial charge in [-0.1, -0.05) is 66.7 Å². The van der Waals surface area contributed by atoms with Gasteiger partial charge in [0.15, 0.2) is 5.13 Å². The third-order valence-electron chi connectivity index (χ3n) is 5.29. The predicted molar refractivity (Wildman–Crippen MR) is 138 cm³/mol. The van der Waals surface area contributed by atoms with Crippen molar-refractivity contribution in [3.8, 4) is 33.0 Å². The van der Waals surface area contributed by atoms with Crippen LogP contribution in [-0.4, -0.2) is 20.7 Å². The molecule has 0 bridgehead atoms. The number of rotatable bonds is 6. The molecule has 8 heteroatoms. The van der Waals surface area contributed by atoms with Crippen molar-refractivity contribution in [3.05, 3.63) is 99.5 Å². The van der Waals surface area contributed by atoms with Crippen LogP contribution in [0.3, 0.4) is 0 Å². The number of nitrogens with zero attached hydrogens (tertiary/aromatic N) is 3. The molecule has 168 valence electrons. The molecule has 0 saturated carbocycles. The molecule has 2 aromatic carbocycles. The molecule has 0 unspecified atom stereocenters. The normalized spacial score (nSPS) is 10.9. The first kappa shape index (κ1) is 21.9. The number of aryl methyl sites for hydroxylation is 1. The topological polar surface area (TPSA) is 76.9 Å². The molecule has 6 nitrogen and oxygen atoms in total. The lowest BCUT2D eigenvalue weighted by Gasteiger charge is -2.16. The van der Waals surface area contributed by atoms with Crippen LogP contribution >= 0.6 is 22.7 Å². The van der Waals surface area contributed by atoms with E-state index in [0.717, 1.165) is 21.7 Å². The minimum atomic E-state index is -0.502. The molecule has 0 radical (unpaired) electrons. The van der Waals surface area contributed by atoms with Crippen LogP contribution in [-0.2, 0) is 6.54 Å². The number of thiophene rings is 1. The molecule has 0 aliphatic rings. The number of hydrogen-bond acceptors (Lipinski definition) is 6.